The summed E-state index contributed by atoms with van der Waals surface area (Å²) in [5.41, 5.74) is 7.48. The van der Waals surface area contributed by atoms with Gasteiger partial charge in [0, 0.05) is 18.8 Å². The molecule has 0 radical (unpaired) electrons. The zero-order valence-corrected chi connectivity index (χ0v) is 15.5. The van der Waals surface area contributed by atoms with Gasteiger partial charge in [-0.2, -0.15) is 0 Å². The predicted molar refractivity (Wildman–Crippen MR) is 107 cm³/mol. The van der Waals surface area contributed by atoms with E-state index in [0.717, 1.165) is 44.6 Å². The van der Waals surface area contributed by atoms with Crippen LogP contribution in [-0.4, -0.2) is 36.0 Å². The van der Waals surface area contributed by atoms with Gasteiger partial charge in [0.15, 0.2) is 0 Å². The highest BCUT2D eigenvalue weighted by molar-refractivity contribution is 5.88. The first kappa shape index (κ1) is 18.5. The van der Waals surface area contributed by atoms with Crippen LogP contribution in [0, 0.1) is 0 Å². The molecule has 1 amide bonds. The lowest BCUT2D eigenvalue weighted by Gasteiger charge is -2.41. The van der Waals surface area contributed by atoms with E-state index in [1.54, 1.807) is 0 Å². The fourth-order valence-electron chi connectivity index (χ4n) is 3.71. The Hall–Kier alpha value is -2.33. The number of amides is 1. The number of anilines is 1. The lowest BCUT2D eigenvalue weighted by Crippen LogP contribution is -2.57. The van der Waals surface area contributed by atoms with Gasteiger partial charge in [0.05, 0.1) is 0 Å². The van der Waals surface area contributed by atoms with Crippen molar-refractivity contribution in [2.75, 3.05) is 25.0 Å². The molecule has 0 aliphatic carbocycles. The van der Waals surface area contributed by atoms with Crippen LogP contribution in [0.5, 0.6) is 0 Å². The van der Waals surface area contributed by atoms with E-state index in [9.17, 15) is 4.79 Å². The van der Waals surface area contributed by atoms with Gasteiger partial charge >= 0.3 is 0 Å². The summed E-state index contributed by atoms with van der Waals surface area (Å²) in [5, 5.41) is 3.40. The van der Waals surface area contributed by atoms with Crippen molar-refractivity contribution in [3.63, 3.8) is 0 Å². The van der Waals surface area contributed by atoms with E-state index >= 15 is 0 Å². The average molecular weight is 351 g/mol. The maximum Gasteiger partial charge on any atom is 0.243 e. The Morgan fingerprint density at radius 1 is 1.08 bits per heavy atom. The highest BCUT2D eigenvalue weighted by atomic mass is 16.1. The Morgan fingerprint density at radius 2 is 1.65 bits per heavy atom. The minimum Gasteiger partial charge on any atom is -0.371 e. The average Bonchev–Trinajstić information content (AvgIpc) is 2.68. The number of hydrogen-bond donors (Lipinski definition) is 2. The summed E-state index contributed by atoms with van der Waals surface area (Å²) in [4.78, 5) is 14.6. The minimum absolute atomic E-state index is 0.251. The van der Waals surface area contributed by atoms with Crippen LogP contribution < -0.4 is 11.1 Å². The topological polar surface area (TPSA) is 58.4 Å². The molecule has 2 aromatic rings. The largest absolute Gasteiger partial charge is 0.371 e. The summed E-state index contributed by atoms with van der Waals surface area (Å²) in [6.45, 7) is 5.12. The maximum absolute atomic E-state index is 12.2. The second-order valence-electron chi connectivity index (χ2n) is 7.38. The number of likely N-dealkylation sites (tertiary alicyclic amines) is 1. The van der Waals surface area contributed by atoms with Gasteiger partial charge in [-0.05, 0) is 49.4 Å². The van der Waals surface area contributed by atoms with E-state index in [1.165, 1.54) is 5.56 Å². The Balaban J connectivity index is 1.54. The fourth-order valence-corrected chi connectivity index (χ4v) is 3.71. The molecule has 1 fully saturated rings. The number of nitrogens with two attached hydrogens (primary N) is 1. The second-order valence-corrected chi connectivity index (χ2v) is 7.38. The van der Waals surface area contributed by atoms with Gasteiger partial charge in [0.25, 0.3) is 0 Å². The third kappa shape index (κ3) is 4.44. The van der Waals surface area contributed by atoms with Crippen molar-refractivity contribution in [3.8, 4) is 0 Å². The molecule has 1 heterocycles. The van der Waals surface area contributed by atoms with Crippen LogP contribution in [0.1, 0.15) is 37.7 Å². The molecule has 1 aliphatic heterocycles. The van der Waals surface area contributed by atoms with Gasteiger partial charge in [0.2, 0.25) is 5.91 Å². The molecule has 4 nitrogen and oxygen atoms in total. The SMILES string of the molecule is CC(CCN1CCC(Nc2ccccc2)(C(N)=O)CC1)c1ccccc1. The van der Waals surface area contributed by atoms with Crippen molar-refractivity contribution < 1.29 is 4.79 Å². The maximum atomic E-state index is 12.2. The van der Waals surface area contributed by atoms with Crippen molar-refractivity contribution in [1.82, 2.24) is 4.90 Å². The minimum atomic E-state index is -0.636. The Bertz CT molecular complexity index is 694. The van der Waals surface area contributed by atoms with Gasteiger partial charge in [-0.3, -0.25) is 4.79 Å². The molecule has 0 aromatic heterocycles. The first-order valence-electron chi connectivity index (χ1n) is 9.49. The van der Waals surface area contributed by atoms with Gasteiger partial charge in [0.1, 0.15) is 5.54 Å². The molecule has 3 rings (SSSR count). The molecule has 0 spiro atoms. The smallest absolute Gasteiger partial charge is 0.243 e. The number of piperidine rings is 1. The molecule has 1 saturated heterocycles. The van der Waals surface area contributed by atoms with Crippen molar-refractivity contribution in [2.45, 2.75) is 37.6 Å². The van der Waals surface area contributed by atoms with E-state index in [2.05, 4.69) is 47.5 Å². The number of nitrogens with one attached hydrogen (secondary N) is 1. The van der Waals surface area contributed by atoms with Gasteiger partial charge in [-0.1, -0.05) is 55.5 Å². The molecule has 26 heavy (non-hydrogen) atoms. The number of para-hydroxylation sites is 1. The molecule has 0 bridgehead atoms. The standard InChI is InChI=1S/C22H29N3O/c1-18(19-8-4-2-5-9-19)12-15-25-16-13-22(14-17-25,21(23)26)24-20-10-6-3-7-11-20/h2-11,18,24H,12-17H2,1H3,(H2,23,26). The van der Waals surface area contributed by atoms with E-state index in [1.807, 2.05) is 30.3 Å². The lowest BCUT2D eigenvalue weighted by molar-refractivity contribution is -0.123. The molecule has 138 valence electrons. The molecular formula is C22H29N3O. The fraction of sp³-hybridized carbons (Fsp3) is 0.409. The Labute approximate surface area is 156 Å². The summed E-state index contributed by atoms with van der Waals surface area (Å²) in [6.07, 6.45) is 2.62. The van der Waals surface area contributed by atoms with Crippen LogP contribution >= 0.6 is 0 Å². The van der Waals surface area contributed by atoms with Crippen LogP contribution in [0.4, 0.5) is 5.69 Å². The zero-order valence-electron chi connectivity index (χ0n) is 15.5. The normalized spacial score (nSPS) is 18.2. The first-order valence-corrected chi connectivity index (χ1v) is 9.49. The lowest BCUT2D eigenvalue weighted by atomic mass is 9.86. The van der Waals surface area contributed by atoms with Crippen LogP contribution in [-0.2, 0) is 4.79 Å². The third-order valence-electron chi connectivity index (χ3n) is 5.59. The molecule has 2 aromatic carbocycles. The quantitative estimate of drug-likeness (QED) is 0.801. The molecule has 1 atom stereocenters. The Morgan fingerprint density at radius 3 is 2.23 bits per heavy atom. The van der Waals surface area contributed by atoms with Crippen LogP contribution in [0.25, 0.3) is 0 Å². The summed E-state index contributed by atoms with van der Waals surface area (Å²) >= 11 is 0. The van der Waals surface area contributed by atoms with Crippen molar-refractivity contribution in [3.05, 3.63) is 66.2 Å². The number of primary amides is 1. The first-order chi connectivity index (χ1) is 12.6. The third-order valence-corrected chi connectivity index (χ3v) is 5.59. The summed E-state index contributed by atoms with van der Waals surface area (Å²) in [5.74, 6) is 0.292. The van der Waals surface area contributed by atoms with Crippen LogP contribution in [0.2, 0.25) is 0 Å². The molecule has 4 heteroatoms. The van der Waals surface area contributed by atoms with Gasteiger partial charge in [-0.25, -0.2) is 0 Å². The van der Waals surface area contributed by atoms with E-state index in [0.29, 0.717) is 5.92 Å². The van der Waals surface area contributed by atoms with E-state index in [4.69, 9.17) is 5.73 Å². The highest BCUT2D eigenvalue weighted by Gasteiger charge is 2.39. The number of hydrogen-bond acceptors (Lipinski definition) is 3. The van der Waals surface area contributed by atoms with Crippen molar-refractivity contribution >= 4 is 11.6 Å². The van der Waals surface area contributed by atoms with E-state index < -0.39 is 5.54 Å². The summed E-state index contributed by atoms with van der Waals surface area (Å²) < 4.78 is 0. The Kier molecular flexibility index (Phi) is 5.94. The number of rotatable bonds is 7. The molecular weight excluding hydrogens is 322 g/mol. The number of nitrogens with zero attached hydrogens (tertiary/aromatic N) is 1. The molecule has 1 unspecified atom stereocenters. The highest BCUT2D eigenvalue weighted by Crippen LogP contribution is 2.28. The van der Waals surface area contributed by atoms with E-state index in [-0.39, 0.29) is 5.91 Å². The van der Waals surface area contributed by atoms with Gasteiger partial charge in [-0.15, -0.1) is 0 Å². The summed E-state index contributed by atoms with van der Waals surface area (Å²) in [7, 11) is 0. The summed E-state index contributed by atoms with van der Waals surface area (Å²) in [6, 6.07) is 20.5. The number of carbonyl (C=O) groups excluding carboxylic acids is 1. The van der Waals surface area contributed by atoms with Crippen molar-refractivity contribution in [1.29, 1.82) is 0 Å². The molecule has 0 saturated carbocycles. The predicted octanol–water partition coefficient (Wildman–Crippen LogP) is 3.61. The second kappa shape index (κ2) is 8.37. The van der Waals surface area contributed by atoms with Gasteiger partial charge < -0.3 is 16.0 Å². The zero-order chi connectivity index (χ0) is 18.4. The number of carbonyl (C=O) groups is 1. The number of benzene rings is 2. The van der Waals surface area contributed by atoms with Crippen LogP contribution in [0.3, 0.4) is 0 Å². The van der Waals surface area contributed by atoms with Crippen molar-refractivity contribution in [2.24, 2.45) is 5.73 Å². The van der Waals surface area contributed by atoms with Crippen LogP contribution in [0.15, 0.2) is 60.7 Å². The monoisotopic (exact) mass is 351 g/mol. The molecule has 1 aliphatic rings. The molecule has 3 N–H and O–H groups in total.